The minimum absolute atomic E-state index is 0.0299. The van der Waals surface area contributed by atoms with Crippen molar-refractivity contribution in [2.45, 2.75) is 20.4 Å². The lowest BCUT2D eigenvalue weighted by Crippen LogP contribution is -2.29. The van der Waals surface area contributed by atoms with Crippen molar-refractivity contribution in [1.29, 1.82) is 0 Å². The van der Waals surface area contributed by atoms with Crippen LogP contribution in [0.15, 0.2) is 18.2 Å². The molecule has 0 saturated heterocycles. The van der Waals surface area contributed by atoms with Gasteiger partial charge < -0.3 is 5.73 Å². The van der Waals surface area contributed by atoms with E-state index >= 15 is 0 Å². The van der Waals surface area contributed by atoms with Crippen LogP contribution >= 0.6 is 0 Å². The first-order valence-electron chi connectivity index (χ1n) is 5.18. The first kappa shape index (κ1) is 13.2. The summed E-state index contributed by atoms with van der Waals surface area (Å²) in [5.74, 6) is -0.0299. The summed E-state index contributed by atoms with van der Waals surface area (Å²) in [6.07, 6.45) is 0. The van der Waals surface area contributed by atoms with Gasteiger partial charge in [0.2, 0.25) is 10.0 Å². The topological polar surface area (TPSA) is 72.2 Å². The Morgan fingerprint density at radius 2 is 2.00 bits per heavy atom. The lowest BCUT2D eigenvalue weighted by atomic mass is 10.1. The summed E-state index contributed by atoms with van der Waals surface area (Å²) in [4.78, 5) is 0. The maximum Gasteiger partial charge on any atom is 0.213 e. The molecule has 0 fully saturated rings. The Morgan fingerprint density at radius 1 is 1.31 bits per heavy atom. The summed E-state index contributed by atoms with van der Waals surface area (Å²) in [6, 6.07) is 5.98. The highest BCUT2D eigenvalue weighted by molar-refractivity contribution is 7.89. The fourth-order valence-electron chi connectivity index (χ4n) is 1.41. The van der Waals surface area contributed by atoms with Crippen LogP contribution in [0.2, 0.25) is 0 Å². The molecule has 1 rings (SSSR count). The number of nitrogens with two attached hydrogens (primary N) is 1. The minimum Gasteiger partial charge on any atom is -0.329 e. The molecule has 90 valence electrons. The SMILES string of the molecule is Cc1ccc(C)c(CNS(=O)(=O)CCN)c1. The molecule has 5 heteroatoms. The third-order valence-electron chi connectivity index (χ3n) is 2.37. The van der Waals surface area contributed by atoms with Crippen molar-refractivity contribution in [3.05, 3.63) is 34.9 Å². The fraction of sp³-hybridized carbons (Fsp3) is 0.455. The molecule has 0 bridgehead atoms. The normalized spacial score (nSPS) is 11.7. The third-order valence-corrected chi connectivity index (χ3v) is 3.73. The number of nitrogens with one attached hydrogen (secondary N) is 1. The quantitative estimate of drug-likeness (QED) is 0.797. The van der Waals surface area contributed by atoms with Crippen LogP contribution in [0, 0.1) is 13.8 Å². The number of benzene rings is 1. The highest BCUT2D eigenvalue weighted by atomic mass is 32.2. The Morgan fingerprint density at radius 3 is 2.62 bits per heavy atom. The van der Waals surface area contributed by atoms with E-state index in [0.29, 0.717) is 6.54 Å². The van der Waals surface area contributed by atoms with Crippen LogP contribution in [-0.4, -0.2) is 20.7 Å². The van der Waals surface area contributed by atoms with E-state index in [1.165, 1.54) is 0 Å². The number of rotatable bonds is 5. The smallest absolute Gasteiger partial charge is 0.213 e. The van der Waals surface area contributed by atoms with Gasteiger partial charge in [0, 0.05) is 13.1 Å². The summed E-state index contributed by atoms with van der Waals surface area (Å²) in [5.41, 5.74) is 8.43. The summed E-state index contributed by atoms with van der Waals surface area (Å²) in [5, 5.41) is 0. The largest absolute Gasteiger partial charge is 0.329 e. The standard InChI is InChI=1S/C11H18N2O2S/c1-9-3-4-10(2)11(7-9)8-13-16(14,15)6-5-12/h3-4,7,13H,5-6,8,12H2,1-2H3. The first-order chi connectivity index (χ1) is 7.44. The van der Waals surface area contributed by atoms with Crippen molar-refractivity contribution in [1.82, 2.24) is 4.72 Å². The molecule has 0 amide bonds. The Balaban J connectivity index is 2.71. The van der Waals surface area contributed by atoms with E-state index in [4.69, 9.17) is 5.73 Å². The van der Waals surface area contributed by atoms with E-state index in [2.05, 4.69) is 4.72 Å². The Hall–Kier alpha value is -0.910. The molecule has 16 heavy (non-hydrogen) atoms. The molecule has 0 saturated carbocycles. The van der Waals surface area contributed by atoms with Gasteiger partial charge in [0.25, 0.3) is 0 Å². The van der Waals surface area contributed by atoms with Gasteiger partial charge in [-0.05, 0) is 25.0 Å². The molecule has 0 unspecified atom stereocenters. The number of sulfonamides is 1. The predicted molar refractivity (Wildman–Crippen MR) is 65.6 cm³/mol. The molecular weight excluding hydrogens is 224 g/mol. The van der Waals surface area contributed by atoms with Gasteiger partial charge in [0.1, 0.15) is 0 Å². The van der Waals surface area contributed by atoms with Gasteiger partial charge in [-0.3, -0.25) is 0 Å². The molecule has 0 spiro atoms. The van der Waals surface area contributed by atoms with Gasteiger partial charge in [-0.25, -0.2) is 13.1 Å². The zero-order valence-electron chi connectivity index (χ0n) is 9.66. The highest BCUT2D eigenvalue weighted by Crippen LogP contribution is 2.10. The monoisotopic (exact) mass is 242 g/mol. The molecule has 0 aliphatic carbocycles. The molecule has 0 heterocycles. The van der Waals surface area contributed by atoms with Gasteiger partial charge in [0.05, 0.1) is 5.75 Å². The molecule has 1 aromatic rings. The van der Waals surface area contributed by atoms with Gasteiger partial charge in [-0.15, -0.1) is 0 Å². The Labute approximate surface area is 96.9 Å². The fourth-order valence-corrected chi connectivity index (χ4v) is 2.24. The summed E-state index contributed by atoms with van der Waals surface area (Å²) >= 11 is 0. The van der Waals surface area contributed by atoms with Crippen molar-refractivity contribution in [3.63, 3.8) is 0 Å². The minimum atomic E-state index is -3.23. The van der Waals surface area contributed by atoms with E-state index in [1.54, 1.807) is 0 Å². The van der Waals surface area contributed by atoms with Crippen LogP contribution in [-0.2, 0) is 16.6 Å². The van der Waals surface area contributed by atoms with Crippen LogP contribution in [0.4, 0.5) is 0 Å². The van der Waals surface area contributed by atoms with E-state index in [1.807, 2.05) is 32.0 Å². The van der Waals surface area contributed by atoms with E-state index in [-0.39, 0.29) is 12.3 Å². The predicted octanol–water partition coefficient (Wildman–Crippen LogP) is 0.682. The zero-order valence-corrected chi connectivity index (χ0v) is 10.5. The van der Waals surface area contributed by atoms with Crippen LogP contribution in [0.1, 0.15) is 16.7 Å². The maximum atomic E-state index is 11.4. The summed E-state index contributed by atoms with van der Waals surface area (Å²) < 4.78 is 25.4. The Kier molecular flexibility index (Phi) is 4.46. The summed E-state index contributed by atoms with van der Waals surface area (Å²) in [6.45, 7) is 4.42. The van der Waals surface area contributed by atoms with Crippen molar-refractivity contribution in [2.24, 2.45) is 5.73 Å². The van der Waals surface area contributed by atoms with Gasteiger partial charge in [-0.2, -0.15) is 0 Å². The number of hydrogen-bond acceptors (Lipinski definition) is 3. The molecule has 1 aromatic carbocycles. The third kappa shape index (κ3) is 3.92. The van der Waals surface area contributed by atoms with E-state index in [9.17, 15) is 8.42 Å². The van der Waals surface area contributed by atoms with Crippen molar-refractivity contribution in [3.8, 4) is 0 Å². The van der Waals surface area contributed by atoms with Gasteiger partial charge in [-0.1, -0.05) is 23.8 Å². The molecule has 0 aliphatic rings. The van der Waals surface area contributed by atoms with E-state index in [0.717, 1.165) is 16.7 Å². The Bertz CT molecular complexity index is 455. The second-order valence-electron chi connectivity index (χ2n) is 3.86. The second kappa shape index (κ2) is 5.43. The molecular formula is C11H18N2O2S. The average molecular weight is 242 g/mol. The van der Waals surface area contributed by atoms with E-state index < -0.39 is 10.0 Å². The first-order valence-corrected chi connectivity index (χ1v) is 6.83. The molecule has 0 aliphatic heterocycles. The second-order valence-corrected chi connectivity index (χ2v) is 5.79. The average Bonchev–Trinajstić information content (AvgIpc) is 2.19. The number of hydrogen-bond donors (Lipinski definition) is 2. The molecule has 0 radical (unpaired) electrons. The molecule has 3 N–H and O–H groups in total. The van der Waals surface area contributed by atoms with Crippen LogP contribution in [0.5, 0.6) is 0 Å². The van der Waals surface area contributed by atoms with Crippen molar-refractivity contribution < 1.29 is 8.42 Å². The molecule has 4 nitrogen and oxygen atoms in total. The highest BCUT2D eigenvalue weighted by Gasteiger charge is 2.09. The molecule has 0 aromatic heterocycles. The van der Waals surface area contributed by atoms with Crippen molar-refractivity contribution >= 4 is 10.0 Å². The lowest BCUT2D eigenvalue weighted by molar-refractivity contribution is 0.581. The molecule has 0 atom stereocenters. The number of aryl methyl sites for hydroxylation is 2. The van der Waals surface area contributed by atoms with Crippen molar-refractivity contribution in [2.75, 3.05) is 12.3 Å². The van der Waals surface area contributed by atoms with Gasteiger partial charge in [0.15, 0.2) is 0 Å². The van der Waals surface area contributed by atoms with Crippen LogP contribution < -0.4 is 10.5 Å². The summed E-state index contributed by atoms with van der Waals surface area (Å²) in [7, 11) is -3.23. The zero-order chi connectivity index (χ0) is 12.2. The maximum absolute atomic E-state index is 11.4. The van der Waals surface area contributed by atoms with Crippen LogP contribution in [0.3, 0.4) is 0 Å². The van der Waals surface area contributed by atoms with Gasteiger partial charge >= 0.3 is 0 Å². The van der Waals surface area contributed by atoms with Crippen LogP contribution in [0.25, 0.3) is 0 Å². The lowest BCUT2D eigenvalue weighted by Gasteiger charge is -2.09.